The van der Waals surface area contributed by atoms with Gasteiger partial charge >= 0.3 is 0 Å². The number of pyridine rings is 1. The molecule has 1 aliphatic rings. The second-order valence-electron chi connectivity index (χ2n) is 4.97. The van der Waals surface area contributed by atoms with Crippen molar-refractivity contribution in [3.05, 3.63) is 23.5 Å². The Balaban J connectivity index is 1.98. The second kappa shape index (κ2) is 5.05. The summed E-state index contributed by atoms with van der Waals surface area (Å²) in [6, 6.07) is 3.65. The van der Waals surface area contributed by atoms with Crippen molar-refractivity contribution in [2.75, 3.05) is 0 Å². The average Bonchev–Trinajstić information content (AvgIpc) is 2.15. The van der Waals surface area contributed by atoms with E-state index in [0.29, 0.717) is 11.3 Å². The Morgan fingerprint density at radius 3 is 2.56 bits per heavy atom. The Bertz CT molecular complexity index is 346. The van der Waals surface area contributed by atoms with Gasteiger partial charge in [0.25, 0.3) is 0 Å². The van der Waals surface area contributed by atoms with Crippen LogP contribution in [0, 0.1) is 11.8 Å². The fourth-order valence-corrected chi connectivity index (χ4v) is 2.78. The SMILES string of the molecule is CC1CC(C)CC(Oc2ccnc(Cl)c2)C1. The van der Waals surface area contributed by atoms with E-state index in [4.69, 9.17) is 16.3 Å². The summed E-state index contributed by atoms with van der Waals surface area (Å²) in [6.07, 6.45) is 5.62. The molecular weight excluding hydrogens is 222 g/mol. The van der Waals surface area contributed by atoms with Crippen LogP contribution in [-0.2, 0) is 0 Å². The predicted molar refractivity (Wildman–Crippen MR) is 65.8 cm³/mol. The smallest absolute Gasteiger partial charge is 0.132 e. The lowest BCUT2D eigenvalue weighted by Gasteiger charge is -2.31. The summed E-state index contributed by atoms with van der Waals surface area (Å²) >= 11 is 5.83. The monoisotopic (exact) mass is 239 g/mol. The summed E-state index contributed by atoms with van der Waals surface area (Å²) in [5, 5.41) is 0.495. The Kier molecular flexibility index (Phi) is 3.70. The van der Waals surface area contributed by atoms with Crippen LogP contribution in [0.1, 0.15) is 33.1 Å². The lowest BCUT2D eigenvalue weighted by molar-refractivity contribution is 0.101. The van der Waals surface area contributed by atoms with E-state index in [2.05, 4.69) is 18.8 Å². The molecule has 16 heavy (non-hydrogen) atoms. The number of hydrogen-bond acceptors (Lipinski definition) is 2. The van der Waals surface area contributed by atoms with Gasteiger partial charge in [0.1, 0.15) is 10.9 Å². The average molecular weight is 240 g/mol. The first-order chi connectivity index (χ1) is 7.63. The third-order valence-corrected chi connectivity index (χ3v) is 3.34. The normalized spacial score (nSPS) is 30.1. The summed E-state index contributed by atoms with van der Waals surface area (Å²) in [5.41, 5.74) is 0. The van der Waals surface area contributed by atoms with Crippen molar-refractivity contribution in [1.29, 1.82) is 0 Å². The summed E-state index contributed by atoms with van der Waals surface area (Å²) < 4.78 is 5.95. The van der Waals surface area contributed by atoms with Crippen molar-refractivity contribution in [3.63, 3.8) is 0 Å². The van der Waals surface area contributed by atoms with E-state index in [1.54, 1.807) is 12.3 Å². The Labute approximate surface area is 102 Å². The molecule has 2 unspecified atom stereocenters. The zero-order valence-electron chi connectivity index (χ0n) is 9.82. The number of aromatic nitrogens is 1. The van der Waals surface area contributed by atoms with Crippen LogP contribution in [0.2, 0.25) is 5.15 Å². The van der Waals surface area contributed by atoms with Crippen molar-refractivity contribution >= 4 is 11.6 Å². The van der Waals surface area contributed by atoms with Crippen molar-refractivity contribution in [2.24, 2.45) is 11.8 Å². The van der Waals surface area contributed by atoms with Crippen molar-refractivity contribution in [3.8, 4) is 5.75 Å². The lowest BCUT2D eigenvalue weighted by atomic mass is 9.82. The molecule has 0 saturated heterocycles. The second-order valence-corrected chi connectivity index (χ2v) is 5.36. The van der Waals surface area contributed by atoms with Gasteiger partial charge in [-0.05, 0) is 37.2 Å². The number of nitrogens with zero attached hydrogens (tertiary/aromatic N) is 1. The van der Waals surface area contributed by atoms with E-state index in [-0.39, 0.29) is 0 Å². The molecule has 1 fully saturated rings. The quantitative estimate of drug-likeness (QED) is 0.730. The molecule has 1 aromatic heterocycles. The van der Waals surface area contributed by atoms with Crippen molar-refractivity contribution < 1.29 is 4.74 Å². The van der Waals surface area contributed by atoms with E-state index < -0.39 is 0 Å². The molecule has 0 N–H and O–H groups in total. The number of rotatable bonds is 2. The third-order valence-electron chi connectivity index (χ3n) is 3.14. The van der Waals surface area contributed by atoms with Crippen LogP contribution >= 0.6 is 11.6 Å². The highest BCUT2D eigenvalue weighted by Gasteiger charge is 2.25. The summed E-state index contributed by atoms with van der Waals surface area (Å²) in [7, 11) is 0. The zero-order valence-corrected chi connectivity index (χ0v) is 10.6. The van der Waals surface area contributed by atoms with E-state index in [0.717, 1.165) is 30.4 Å². The van der Waals surface area contributed by atoms with Crippen LogP contribution in [0.3, 0.4) is 0 Å². The van der Waals surface area contributed by atoms with Gasteiger partial charge < -0.3 is 4.74 Å². The molecule has 2 atom stereocenters. The predicted octanol–water partition coefficient (Wildman–Crippen LogP) is 3.94. The highest BCUT2D eigenvalue weighted by Crippen LogP contribution is 2.31. The molecule has 0 spiro atoms. The minimum atomic E-state index is 0.331. The summed E-state index contributed by atoms with van der Waals surface area (Å²) in [6.45, 7) is 4.59. The number of hydrogen-bond donors (Lipinski definition) is 0. The van der Waals surface area contributed by atoms with Gasteiger partial charge in [-0.3, -0.25) is 0 Å². The van der Waals surface area contributed by atoms with E-state index in [1.807, 2.05) is 6.07 Å². The summed E-state index contributed by atoms with van der Waals surface area (Å²) in [4.78, 5) is 3.95. The van der Waals surface area contributed by atoms with Crippen LogP contribution in [0.4, 0.5) is 0 Å². The maximum Gasteiger partial charge on any atom is 0.132 e. The number of ether oxygens (including phenoxy) is 1. The Morgan fingerprint density at radius 2 is 1.94 bits per heavy atom. The molecule has 1 aromatic rings. The van der Waals surface area contributed by atoms with Gasteiger partial charge in [0.05, 0.1) is 6.10 Å². The fourth-order valence-electron chi connectivity index (χ4n) is 2.62. The highest BCUT2D eigenvalue weighted by atomic mass is 35.5. The van der Waals surface area contributed by atoms with Crippen LogP contribution < -0.4 is 4.74 Å². The minimum absolute atomic E-state index is 0.331. The zero-order chi connectivity index (χ0) is 11.5. The molecule has 1 saturated carbocycles. The van der Waals surface area contributed by atoms with Gasteiger partial charge in [-0.15, -0.1) is 0 Å². The van der Waals surface area contributed by atoms with E-state index in [9.17, 15) is 0 Å². The maximum absolute atomic E-state index is 5.95. The van der Waals surface area contributed by atoms with Gasteiger partial charge in [0.2, 0.25) is 0 Å². The highest BCUT2D eigenvalue weighted by molar-refractivity contribution is 6.29. The molecule has 1 aliphatic carbocycles. The molecule has 2 nitrogen and oxygen atoms in total. The van der Waals surface area contributed by atoms with Gasteiger partial charge in [-0.1, -0.05) is 25.4 Å². The van der Waals surface area contributed by atoms with Gasteiger partial charge in [0.15, 0.2) is 0 Å². The topological polar surface area (TPSA) is 22.1 Å². The molecule has 2 rings (SSSR count). The third kappa shape index (κ3) is 3.11. The molecule has 88 valence electrons. The lowest BCUT2D eigenvalue weighted by Crippen LogP contribution is -2.28. The van der Waals surface area contributed by atoms with Gasteiger partial charge in [-0.25, -0.2) is 4.98 Å². The van der Waals surface area contributed by atoms with Crippen LogP contribution in [0.25, 0.3) is 0 Å². The van der Waals surface area contributed by atoms with Crippen LogP contribution in [-0.4, -0.2) is 11.1 Å². The molecule has 0 bridgehead atoms. The molecule has 0 amide bonds. The summed E-state index contributed by atoms with van der Waals surface area (Å²) in [5.74, 6) is 2.35. The van der Waals surface area contributed by atoms with Crippen LogP contribution in [0.15, 0.2) is 18.3 Å². The Hall–Kier alpha value is -0.760. The first-order valence-corrected chi connectivity index (χ1v) is 6.29. The minimum Gasteiger partial charge on any atom is -0.490 e. The molecular formula is C13H18ClNO. The molecule has 0 radical (unpaired) electrons. The molecule has 1 heterocycles. The van der Waals surface area contributed by atoms with E-state index >= 15 is 0 Å². The van der Waals surface area contributed by atoms with Crippen molar-refractivity contribution in [2.45, 2.75) is 39.2 Å². The largest absolute Gasteiger partial charge is 0.490 e. The van der Waals surface area contributed by atoms with Crippen molar-refractivity contribution in [1.82, 2.24) is 4.98 Å². The molecule has 0 aromatic carbocycles. The maximum atomic E-state index is 5.95. The standard InChI is InChI=1S/C13H18ClNO/c1-9-5-10(2)7-12(6-9)16-11-3-4-15-13(14)8-11/h3-4,8-10,12H,5-7H2,1-2H3. The Morgan fingerprint density at radius 1 is 1.25 bits per heavy atom. The van der Waals surface area contributed by atoms with Crippen LogP contribution in [0.5, 0.6) is 5.75 Å². The van der Waals surface area contributed by atoms with Gasteiger partial charge in [0, 0.05) is 12.3 Å². The number of halogens is 1. The fraction of sp³-hybridized carbons (Fsp3) is 0.615. The van der Waals surface area contributed by atoms with Gasteiger partial charge in [-0.2, -0.15) is 0 Å². The first-order valence-electron chi connectivity index (χ1n) is 5.91. The first kappa shape index (κ1) is 11.7. The van der Waals surface area contributed by atoms with E-state index in [1.165, 1.54) is 6.42 Å². The molecule has 0 aliphatic heterocycles. The molecule has 3 heteroatoms.